The Labute approximate surface area is 121 Å². The van der Waals surface area contributed by atoms with E-state index in [4.69, 9.17) is 14.2 Å². The molecule has 0 saturated carbocycles. The van der Waals surface area contributed by atoms with Gasteiger partial charge < -0.3 is 19.5 Å². The van der Waals surface area contributed by atoms with Crippen LogP contribution in [0, 0.1) is 0 Å². The summed E-state index contributed by atoms with van der Waals surface area (Å²) in [5, 5.41) is 2.83. The topological polar surface area (TPSA) is 69.7 Å². The first-order valence-corrected chi connectivity index (χ1v) is 6.43. The summed E-state index contributed by atoms with van der Waals surface area (Å²) in [7, 11) is 1.53. The first kappa shape index (κ1) is 13.2. The Balaban J connectivity index is 1.62. The van der Waals surface area contributed by atoms with Crippen molar-refractivity contribution in [3.8, 4) is 17.4 Å². The number of benzene rings is 1. The van der Waals surface area contributed by atoms with Crippen LogP contribution in [0.2, 0.25) is 0 Å². The lowest BCUT2D eigenvalue weighted by Crippen LogP contribution is -2.22. The minimum absolute atomic E-state index is 0.192. The predicted molar refractivity (Wildman–Crippen MR) is 74.5 cm³/mol. The minimum Gasteiger partial charge on any atom is -0.481 e. The van der Waals surface area contributed by atoms with Crippen molar-refractivity contribution < 1.29 is 19.0 Å². The number of methoxy groups -OCH3 is 1. The molecule has 0 bridgehead atoms. The fraction of sp³-hybridized carbons (Fsp3) is 0.200. The largest absolute Gasteiger partial charge is 0.481 e. The molecule has 0 fully saturated rings. The summed E-state index contributed by atoms with van der Waals surface area (Å²) in [5.74, 6) is 1.71. The van der Waals surface area contributed by atoms with Gasteiger partial charge in [-0.15, -0.1) is 0 Å². The second-order valence-electron chi connectivity index (χ2n) is 4.46. The number of pyridine rings is 1. The molecule has 0 spiro atoms. The second kappa shape index (κ2) is 5.70. The molecule has 0 aliphatic carbocycles. The van der Waals surface area contributed by atoms with Gasteiger partial charge >= 0.3 is 0 Å². The number of carbonyl (C=O) groups is 1. The highest BCUT2D eigenvalue weighted by atomic mass is 16.7. The summed E-state index contributed by atoms with van der Waals surface area (Å²) < 4.78 is 15.5. The Morgan fingerprint density at radius 1 is 1.29 bits per heavy atom. The molecule has 0 unspecified atom stereocenters. The molecule has 0 radical (unpaired) electrons. The molecular formula is C15H14N2O4. The highest BCUT2D eigenvalue weighted by Gasteiger charge is 2.13. The minimum atomic E-state index is -0.192. The summed E-state index contributed by atoms with van der Waals surface area (Å²) in [5.41, 5.74) is 1.42. The van der Waals surface area contributed by atoms with Gasteiger partial charge in [0.2, 0.25) is 12.7 Å². The van der Waals surface area contributed by atoms with Gasteiger partial charge in [-0.2, -0.15) is 0 Å². The van der Waals surface area contributed by atoms with Crippen molar-refractivity contribution in [3.63, 3.8) is 0 Å². The molecule has 108 valence electrons. The van der Waals surface area contributed by atoms with E-state index in [0.29, 0.717) is 23.7 Å². The maximum absolute atomic E-state index is 12.0. The molecule has 1 amide bonds. The number of carbonyl (C=O) groups excluding carboxylic acids is 1. The number of fused-ring (bicyclic) bond motifs is 1. The molecule has 3 rings (SSSR count). The molecule has 6 heteroatoms. The van der Waals surface area contributed by atoms with Gasteiger partial charge in [0.1, 0.15) is 0 Å². The van der Waals surface area contributed by atoms with Gasteiger partial charge in [0, 0.05) is 18.8 Å². The molecule has 0 saturated heterocycles. The number of rotatable bonds is 4. The molecule has 2 heterocycles. The van der Waals surface area contributed by atoms with Crippen molar-refractivity contribution in [3.05, 3.63) is 47.7 Å². The highest BCUT2D eigenvalue weighted by molar-refractivity contribution is 5.93. The van der Waals surface area contributed by atoms with Crippen molar-refractivity contribution in [2.45, 2.75) is 6.54 Å². The molecular weight excluding hydrogens is 272 g/mol. The van der Waals surface area contributed by atoms with E-state index in [0.717, 1.165) is 11.3 Å². The Morgan fingerprint density at radius 2 is 2.14 bits per heavy atom. The third-order valence-corrected chi connectivity index (χ3v) is 3.10. The zero-order valence-corrected chi connectivity index (χ0v) is 11.5. The molecule has 0 atom stereocenters. The molecule has 6 nitrogen and oxygen atoms in total. The van der Waals surface area contributed by atoms with E-state index < -0.39 is 0 Å². The Morgan fingerprint density at radius 3 is 2.90 bits per heavy atom. The number of amides is 1. The van der Waals surface area contributed by atoms with E-state index in [1.54, 1.807) is 12.1 Å². The van der Waals surface area contributed by atoms with Gasteiger partial charge in [-0.05, 0) is 23.8 Å². The number of aromatic nitrogens is 1. The molecule has 2 aromatic rings. The number of hydrogen-bond donors (Lipinski definition) is 1. The van der Waals surface area contributed by atoms with Crippen molar-refractivity contribution in [2.75, 3.05) is 13.9 Å². The quantitative estimate of drug-likeness (QED) is 0.927. The van der Waals surface area contributed by atoms with Gasteiger partial charge in [-0.1, -0.05) is 6.07 Å². The molecule has 1 N–H and O–H groups in total. The summed E-state index contributed by atoms with van der Waals surface area (Å²) in [4.78, 5) is 16.0. The zero-order valence-electron chi connectivity index (χ0n) is 11.5. The third kappa shape index (κ3) is 2.89. The molecule has 1 aromatic heterocycles. The molecule has 1 aliphatic rings. The van der Waals surface area contributed by atoms with Gasteiger partial charge in [0.15, 0.2) is 11.5 Å². The van der Waals surface area contributed by atoms with Crippen LogP contribution in [0.4, 0.5) is 0 Å². The summed E-state index contributed by atoms with van der Waals surface area (Å²) >= 11 is 0. The van der Waals surface area contributed by atoms with Gasteiger partial charge in [0.25, 0.3) is 5.91 Å². The van der Waals surface area contributed by atoms with E-state index >= 15 is 0 Å². The maximum atomic E-state index is 12.0. The third-order valence-electron chi connectivity index (χ3n) is 3.10. The smallest absolute Gasteiger partial charge is 0.253 e. The number of nitrogens with one attached hydrogen (secondary N) is 1. The SMILES string of the molecule is COc1ccc(C(=O)NCc2ccc3c(c2)OCO3)cn1. The van der Waals surface area contributed by atoms with Crippen molar-refractivity contribution in [1.29, 1.82) is 0 Å². The van der Waals surface area contributed by atoms with Gasteiger partial charge in [0.05, 0.1) is 12.7 Å². The van der Waals surface area contributed by atoms with E-state index in [2.05, 4.69) is 10.3 Å². The Bertz CT molecular complexity index is 655. The van der Waals surface area contributed by atoms with E-state index in [1.165, 1.54) is 13.3 Å². The normalized spacial score (nSPS) is 12.0. The Hall–Kier alpha value is -2.76. The first-order chi connectivity index (χ1) is 10.3. The number of ether oxygens (including phenoxy) is 3. The molecule has 1 aromatic carbocycles. The van der Waals surface area contributed by atoms with E-state index in [9.17, 15) is 4.79 Å². The summed E-state index contributed by atoms with van der Waals surface area (Å²) in [6.07, 6.45) is 1.48. The molecule has 21 heavy (non-hydrogen) atoms. The zero-order chi connectivity index (χ0) is 14.7. The van der Waals surface area contributed by atoms with E-state index in [1.807, 2.05) is 18.2 Å². The maximum Gasteiger partial charge on any atom is 0.253 e. The van der Waals surface area contributed by atoms with Crippen LogP contribution < -0.4 is 19.5 Å². The fourth-order valence-corrected chi connectivity index (χ4v) is 1.97. The lowest BCUT2D eigenvalue weighted by atomic mass is 10.2. The first-order valence-electron chi connectivity index (χ1n) is 6.43. The predicted octanol–water partition coefficient (Wildman–Crippen LogP) is 1.75. The highest BCUT2D eigenvalue weighted by Crippen LogP contribution is 2.32. The van der Waals surface area contributed by atoms with Crippen LogP contribution in [-0.4, -0.2) is 24.8 Å². The van der Waals surface area contributed by atoms with Crippen molar-refractivity contribution in [2.24, 2.45) is 0 Å². The van der Waals surface area contributed by atoms with Crippen LogP contribution in [-0.2, 0) is 6.54 Å². The van der Waals surface area contributed by atoms with E-state index in [-0.39, 0.29) is 12.7 Å². The molecule has 1 aliphatic heterocycles. The monoisotopic (exact) mass is 286 g/mol. The lowest BCUT2D eigenvalue weighted by Gasteiger charge is -2.06. The van der Waals surface area contributed by atoms with Crippen LogP contribution in [0.25, 0.3) is 0 Å². The fourth-order valence-electron chi connectivity index (χ4n) is 1.97. The summed E-state index contributed by atoms with van der Waals surface area (Å²) in [6, 6.07) is 8.89. The van der Waals surface area contributed by atoms with Crippen LogP contribution in [0.15, 0.2) is 36.5 Å². The van der Waals surface area contributed by atoms with Crippen LogP contribution >= 0.6 is 0 Å². The average molecular weight is 286 g/mol. The number of hydrogen-bond acceptors (Lipinski definition) is 5. The van der Waals surface area contributed by atoms with Crippen LogP contribution in [0.5, 0.6) is 17.4 Å². The van der Waals surface area contributed by atoms with Crippen molar-refractivity contribution >= 4 is 5.91 Å². The van der Waals surface area contributed by atoms with Crippen LogP contribution in [0.1, 0.15) is 15.9 Å². The lowest BCUT2D eigenvalue weighted by molar-refractivity contribution is 0.0950. The second-order valence-corrected chi connectivity index (χ2v) is 4.46. The Kier molecular flexibility index (Phi) is 3.59. The van der Waals surface area contributed by atoms with Crippen molar-refractivity contribution in [1.82, 2.24) is 10.3 Å². The van der Waals surface area contributed by atoms with Gasteiger partial charge in [-0.3, -0.25) is 4.79 Å². The van der Waals surface area contributed by atoms with Gasteiger partial charge in [-0.25, -0.2) is 4.98 Å². The summed E-state index contributed by atoms with van der Waals surface area (Å²) in [6.45, 7) is 0.643. The standard InChI is InChI=1S/C15H14N2O4/c1-19-14-5-3-11(8-16-14)15(18)17-7-10-2-4-12-13(6-10)21-9-20-12/h2-6,8H,7,9H2,1H3,(H,17,18). The average Bonchev–Trinajstić information content (AvgIpc) is 3.00. The van der Waals surface area contributed by atoms with Crippen LogP contribution in [0.3, 0.4) is 0 Å². The number of nitrogens with zero attached hydrogens (tertiary/aromatic N) is 1.